The largest absolute Gasteiger partial charge is 0.491 e. The summed E-state index contributed by atoms with van der Waals surface area (Å²) < 4.78 is 8.65. The van der Waals surface area contributed by atoms with Crippen molar-refractivity contribution in [2.45, 2.75) is 6.54 Å². The maximum absolute atomic E-state index is 12.6. The number of hydrogen-bond acceptors (Lipinski definition) is 5. The lowest BCUT2D eigenvalue weighted by Gasteiger charge is -2.15. The second kappa shape index (κ2) is 6.19. The number of carbonyl (C=O) groups excluding carboxylic acids is 1. The molecule has 3 aromatic rings. The Morgan fingerprint density at radius 1 is 1.25 bits per heavy atom. The van der Waals surface area contributed by atoms with Gasteiger partial charge in [-0.2, -0.15) is 0 Å². The number of rotatable bonds is 0. The van der Waals surface area contributed by atoms with E-state index in [0.717, 1.165) is 3.57 Å². The van der Waals surface area contributed by atoms with Crippen molar-refractivity contribution in [2.75, 3.05) is 11.9 Å². The standard InChI is InChI=1S/C16H12IN5O2/c17-10-4-5-13-11(8-10)16(23)20-14-3-1-2-12(19-14)15-21-18-9-22(15)6-7-24-13/h1-5,8-9H,6-7H2,(H,19,20,23). The fourth-order valence-electron chi connectivity index (χ4n) is 2.49. The molecular weight excluding hydrogens is 421 g/mol. The highest BCUT2D eigenvalue weighted by atomic mass is 127. The van der Waals surface area contributed by atoms with E-state index < -0.39 is 0 Å². The highest BCUT2D eigenvalue weighted by molar-refractivity contribution is 14.1. The number of anilines is 1. The molecule has 0 radical (unpaired) electrons. The summed E-state index contributed by atoms with van der Waals surface area (Å²) in [5.74, 6) is 1.38. The van der Waals surface area contributed by atoms with Gasteiger partial charge < -0.3 is 14.6 Å². The van der Waals surface area contributed by atoms with Crippen molar-refractivity contribution < 1.29 is 9.53 Å². The number of halogens is 1. The van der Waals surface area contributed by atoms with Crippen molar-refractivity contribution in [3.63, 3.8) is 0 Å². The third-order valence-corrected chi connectivity index (χ3v) is 4.28. The van der Waals surface area contributed by atoms with Crippen LogP contribution in [0.4, 0.5) is 5.82 Å². The molecule has 0 aliphatic carbocycles. The summed E-state index contributed by atoms with van der Waals surface area (Å²) in [5, 5.41) is 10.9. The maximum atomic E-state index is 12.6. The van der Waals surface area contributed by atoms with Gasteiger partial charge in [-0.3, -0.25) is 4.79 Å². The minimum absolute atomic E-state index is 0.254. The molecule has 0 saturated carbocycles. The van der Waals surface area contributed by atoms with E-state index in [1.807, 2.05) is 22.8 Å². The van der Waals surface area contributed by atoms with Gasteiger partial charge in [-0.25, -0.2) is 4.98 Å². The Labute approximate surface area is 151 Å². The van der Waals surface area contributed by atoms with Gasteiger partial charge in [-0.05, 0) is 52.9 Å². The summed E-state index contributed by atoms with van der Waals surface area (Å²) >= 11 is 2.17. The Balaban J connectivity index is 1.82. The number of fused-ring (bicyclic) bond motifs is 5. The van der Waals surface area contributed by atoms with Crippen LogP contribution in [-0.4, -0.2) is 32.3 Å². The van der Waals surface area contributed by atoms with E-state index in [-0.39, 0.29) is 5.91 Å². The van der Waals surface area contributed by atoms with Gasteiger partial charge in [-0.1, -0.05) is 6.07 Å². The average molecular weight is 433 g/mol. The minimum atomic E-state index is -0.254. The molecule has 0 saturated heterocycles. The van der Waals surface area contributed by atoms with Gasteiger partial charge >= 0.3 is 0 Å². The lowest BCUT2D eigenvalue weighted by molar-refractivity contribution is 0.102. The maximum Gasteiger partial charge on any atom is 0.260 e. The Kier molecular flexibility index (Phi) is 3.89. The van der Waals surface area contributed by atoms with Crippen molar-refractivity contribution >= 4 is 34.3 Å². The number of ether oxygens (including phenoxy) is 1. The zero-order valence-electron chi connectivity index (χ0n) is 12.4. The third-order valence-electron chi connectivity index (χ3n) is 3.61. The molecule has 120 valence electrons. The van der Waals surface area contributed by atoms with Crippen LogP contribution in [0.15, 0.2) is 42.7 Å². The first-order chi connectivity index (χ1) is 11.7. The zero-order chi connectivity index (χ0) is 16.5. The van der Waals surface area contributed by atoms with E-state index in [2.05, 4.69) is 43.1 Å². The molecule has 2 bridgehead atoms. The molecule has 1 aromatic carbocycles. The molecule has 2 aromatic heterocycles. The normalized spacial score (nSPS) is 13.6. The molecule has 0 unspecified atom stereocenters. The van der Waals surface area contributed by atoms with Gasteiger partial charge in [0.2, 0.25) is 0 Å². The van der Waals surface area contributed by atoms with Gasteiger partial charge in [0.1, 0.15) is 30.2 Å². The van der Waals surface area contributed by atoms with Crippen molar-refractivity contribution in [1.82, 2.24) is 19.7 Å². The van der Waals surface area contributed by atoms with Crippen LogP contribution in [0.2, 0.25) is 0 Å². The van der Waals surface area contributed by atoms with E-state index in [4.69, 9.17) is 4.74 Å². The highest BCUT2D eigenvalue weighted by Crippen LogP contribution is 2.24. The van der Waals surface area contributed by atoms with Crippen LogP contribution in [-0.2, 0) is 6.54 Å². The molecule has 7 nitrogen and oxygen atoms in total. The van der Waals surface area contributed by atoms with Crippen molar-refractivity contribution in [2.24, 2.45) is 0 Å². The molecule has 1 N–H and O–H groups in total. The van der Waals surface area contributed by atoms with Crippen LogP contribution in [0.25, 0.3) is 11.5 Å². The zero-order valence-corrected chi connectivity index (χ0v) is 14.6. The number of pyridine rings is 1. The first-order valence-corrected chi connectivity index (χ1v) is 8.37. The molecule has 4 rings (SSSR count). The second-order valence-corrected chi connectivity index (χ2v) is 6.44. The van der Waals surface area contributed by atoms with Gasteiger partial charge in [0, 0.05) is 3.57 Å². The van der Waals surface area contributed by atoms with Crippen LogP contribution >= 0.6 is 22.6 Å². The van der Waals surface area contributed by atoms with Crippen LogP contribution in [0, 0.1) is 3.57 Å². The van der Waals surface area contributed by atoms with Crippen molar-refractivity contribution in [3.05, 3.63) is 51.9 Å². The lowest BCUT2D eigenvalue weighted by Crippen LogP contribution is -2.17. The van der Waals surface area contributed by atoms with E-state index >= 15 is 0 Å². The number of benzene rings is 1. The first-order valence-electron chi connectivity index (χ1n) is 7.30. The molecule has 24 heavy (non-hydrogen) atoms. The number of nitrogens with one attached hydrogen (secondary N) is 1. The molecule has 0 atom stereocenters. The van der Waals surface area contributed by atoms with E-state index in [9.17, 15) is 4.79 Å². The number of aromatic nitrogens is 4. The van der Waals surface area contributed by atoms with E-state index in [0.29, 0.717) is 41.8 Å². The van der Waals surface area contributed by atoms with Gasteiger partial charge in [-0.15, -0.1) is 10.2 Å². The van der Waals surface area contributed by atoms with Gasteiger partial charge in [0.05, 0.1) is 12.1 Å². The fraction of sp³-hybridized carbons (Fsp3) is 0.125. The average Bonchev–Trinajstić information content (AvgIpc) is 3.04. The predicted octanol–water partition coefficient (Wildman–Crippen LogP) is 2.59. The van der Waals surface area contributed by atoms with Gasteiger partial charge in [0.15, 0.2) is 5.82 Å². The van der Waals surface area contributed by atoms with E-state index in [1.54, 1.807) is 24.5 Å². The number of carbonyl (C=O) groups is 1. The summed E-state index contributed by atoms with van der Waals surface area (Å²) in [6.07, 6.45) is 1.65. The van der Waals surface area contributed by atoms with Crippen LogP contribution in [0.5, 0.6) is 5.75 Å². The molecule has 0 fully saturated rings. The molecule has 3 heterocycles. The second-order valence-electron chi connectivity index (χ2n) is 5.20. The monoisotopic (exact) mass is 433 g/mol. The highest BCUT2D eigenvalue weighted by Gasteiger charge is 2.17. The van der Waals surface area contributed by atoms with E-state index in [1.165, 1.54) is 0 Å². The molecular formula is C16H12IN5O2. The Morgan fingerprint density at radius 2 is 2.17 bits per heavy atom. The Morgan fingerprint density at radius 3 is 3.08 bits per heavy atom. The molecule has 1 aliphatic heterocycles. The minimum Gasteiger partial charge on any atom is -0.491 e. The van der Waals surface area contributed by atoms with Crippen LogP contribution in [0.1, 0.15) is 10.4 Å². The predicted molar refractivity (Wildman–Crippen MR) is 95.9 cm³/mol. The quantitative estimate of drug-likeness (QED) is 0.552. The summed E-state index contributed by atoms with van der Waals surface area (Å²) in [4.78, 5) is 17.1. The summed E-state index contributed by atoms with van der Waals surface area (Å²) in [7, 11) is 0. The summed E-state index contributed by atoms with van der Waals surface area (Å²) in [6, 6.07) is 10.9. The van der Waals surface area contributed by atoms with Crippen LogP contribution in [0.3, 0.4) is 0 Å². The summed E-state index contributed by atoms with van der Waals surface area (Å²) in [5.41, 5.74) is 1.13. The number of hydrogen-bond donors (Lipinski definition) is 1. The summed E-state index contributed by atoms with van der Waals surface area (Å²) in [6.45, 7) is 0.951. The topological polar surface area (TPSA) is 81.9 Å². The molecule has 0 spiro atoms. The SMILES string of the molecule is O=C1Nc2cccc(n2)-c2nncn2CCOc2ccc(I)cc21. The lowest BCUT2D eigenvalue weighted by atomic mass is 10.2. The Bertz CT molecular complexity index is 924. The Hall–Kier alpha value is -2.49. The molecule has 1 aliphatic rings. The smallest absolute Gasteiger partial charge is 0.260 e. The third kappa shape index (κ3) is 2.84. The number of amides is 1. The van der Waals surface area contributed by atoms with Crippen molar-refractivity contribution in [1.29, 1.82) is 0 Å². The molecule has 8 heteroatoms. The number of nitrogens with zero attached hydrogens (tertiary/aromatic N) is 4. The fourth-order valence-corrected chi connectivity index (χ4v) is 2.98. The van der Waals surface area contributed by atoms with Gasteiger partial charge in [0.25, 0.3) is 5.91 Å². The first kappa shape index (κ1) is 15.1. The molecule has 1 amide bonds. The van der Waals surface area contributed by atoms with Crippen molar-refractivity contribution in [3.8, 4) is 17.3 Å². The van der Waals surface area contributed by atoms with Crippen LogP contribution < -0.4 is 10.1 Å².